The van der Waals surface area contributed by atoms with E-state index in [-0.39, 0.29) is 5.92 Å². The molecule has 0 N–H and O–H groups in total. The summed E-state index contributed by atoms with van der Waals surface area (Å²) in [5.41, 5.74) is 3.57. The minimum absolute atomic E-state index is 0.144. The molecule has 4 heteroatoms. The van der Waals surface area contributed by atoms with Crippen molar-refractivity contribution in [1.29, 1.82) is 0 Å². The number of benzene rings is 1. The Bertz CT molecular complexity index is 711. The minimum atomic E-state index is 0.144. The first-order valence-electron chi connectivity index (χ1n) is 8.75. The monoisotopic (exact) mass is 313 g/mol. The van der Waals surface area contributed by atoms with Gasteiger partial charge >= 0.3 is 0 Å². The molecule has 1 saturated heterocycles. The molecule has 23 heavy (non-hydrogen) atoms. The van der Waals surface area contributed by atoms with E-state index in [0.717, 1.165) is 43.7 Å². The topological polar surface area (TPSA) is 38.1 Å². The van der Waals surface area contributed by atoms with Crippen LogP contribution >= 0.6 is 0 Å². The first-order chi connectivity index (χ1) is 11.0. The SMILES string of the molecule is CC[C@H](C)C(=O)N1CCC(n2c(C)nc3ccc(C)cc32)CC1. The van der Waals surface area contributed by atoms with E-state index in [0.29, 0.717) is 11.9 Å². The quantitative estimate of drug-likeness (QED) is 0.863. The van der Waals surface area contributed by atoms with Crippen molar-refractivity contribution in [3.05, 3.63) is 29.6 Å². The van der Waals surface area contributed by atoms with E-state index in [1.807, 2.05) is 11.8 Å². The van der Waals surface area contributed by atoms with Crippen LogP contribution in [0.15, 0.2) is 18.2 Å². The van der Waals surface area contributed by atoms with Gasteiger partial charge in [0.2, 0.25) is 5.91 Å². The zero-order valence-corrected chi connectivity index (χ0v) is 14.7. The minimum Gasteiger partial charge on any atom is -0.342 e. The second kappa shape index (κ2) is 6.34. The number of hydrogen-bond donors (Lipinski definition) is 0. The number of imidazole rings is 1. The third-order valence-corrected chi connectivity index (χ3v) is 5.20. The molecule has 2 aromatic rings. The van der Waals surface area contributed by atoms with Crippen LogP contribution in [0, 0.1) is 19.8 Å². The Kier molecular flexibility index (Phi) is 4.42. The smallest absolute Gasteiger partial charge is 0.225 e. The van der Waals surface area contributed by atoms with Gasteiger partial charge in [-0.05, 0) is 50.8 Å². The zero-order valence-electron chi connectivity index (χ0n) is 14.7. The molecule has 0 unspecified atom stereocenters. The molecule has 1 amide bonds. The average molecular weight is 313 g/mol. The summed E-state index contributed by atoms with van der Waals surface area (Å²) in [5.74, 6) is 1.54. The Labute approximate surface area is 138 Å². The van der Waals surface area contributed by atoms with Gasteiger partial charge in [0.1, 0.15) is 5.82 Å². The van der Waals surface area contributed by atoms with Crippen LogP contribution in [0.1, 0.15) is 50.5 Å². The maximum Gasteiger partial charge on any atom is 0.225 e. The Balaban J connectivity index is 1.79. The highest BCUT2D eigenvalue weighted by Gasteiger charge is 2.27. The number of hydrogen-bond acceptors (Lipinski definition) is 2. The van der Waals surface area contributed by atoms with Crippen LogP contribution in [-0.2, 0) is 4.79 Å². The molecular weight excluding hydrogens is 286 g/mol. The molecule has 0 aliphatic carbocycles. The number of amides is 1. The number of nitrogens with zero attached hydrogens (tertiary/aromatic N) is 3. The van der Waals surface area contributed by atoms with Crippen molar-refractivity contribution in [3.8, 4) is 0 Å². The van der Waals surface area contributed by atoms with Crippen LogP contribution in [-0.4, -0.2) is 33.4 Å². The van der Waals surface area contributed by atoms with Gasteiger partial charge in [0.25, 0.3) is 0 Å². The van der Waals surface area contributed by atoms with Gasteiger partial charge in [-0.1, -0.05) is 19.9 Å². The lowest BCUT2D eigenvalue weighted by Gasteiger charge is -2.34. The second-order valence-electron chi connectivity index (χ2n) is 6.89. The Hall–Kier alpha value is -1.84. The van der Waals surface area contributed by atoms with Crippen molar-refractivity contribution in [2.75, 3.05) is 13.1 Å². The summed E-state index contributed by atoms with van der Waals surface area (Å²) >= 11 is 0. The molecule has 124 valence electrons. The van der Waals surface area contributed by atoms with E-state index >= 15 is 0 Å². The van der Waals surface area contributed by atoms with Crippen LogP contribution in [0.2, 0.25) is 0 Å². The standard InChI is InChI=1S/C19H27N3O/c1-5-14(3)19(23)21-10-8-16(9-11-21)22-15(4)20-17-7-6-13(2)12-18(17)22/h6-7,12,14,16H,5,8-11H2,1-4H3/t14-/m0/s1. The highest BCUT2D eigenvalue weighted by Crippen LogP contribution is 2.29. The fourth-order valence-electron chi connectivity index (χ4n) is 3.62. The van der Waals surface area contributed by atoms with Crippen LogP contribution in [0.5, 0.6) is 0 Å². The molecule has 3 rings (SSSR count). The van der Waals surface area contributed by atoms with Gasteiger partial charge in [0.15, 0.2) is 0 Å². The van der Waals surface area contributed by atoms with E-state index in [2.05, 4.69) is 43.5 Å². The third-order valence-electron chi connectivity index (χ3n) is 5.20. The van der Waals surface area contributed by atoms with Crippen molar-refractivity contribution >= 4 is 16.9 Å². The lowest BCUT2D eigenvalue weighted by Crippen LogP contribution is -2.41. The normalized spacial score (nSPS) is 17.7. The Morgan fingerprint density at radius 1 is 1.30 bits per heavy atom. The van der Waals surface area contributed by atoms with Crippen LogP contribution < -0.4 is 0 Å². The van der Waals surface area contributed by atoms with Gasteiger partial charge in [-0.2, -0.15) is 0 Å². The third kappa shape index (κ3) is 2.99. The van der Waals surface area contributed by atoms with Crippen molar-refractivity contribution in [2.45, 2.75) is 53.0 Å². The number of piperidine rings is 1. The summed E-state index contributed by atoms with van der Waals surface area (Å²) in [4.78, 5) is 19.1. The highest BCUT2D eigenvalue weighted by atomic mass is 16.2. The number of carbonyl (C=O) groups is 1. The summed E-state index contributed by atoms with van der Waals surface area (Å²) in [7, 11) is 0. The number of aryl methyl sites for hydroxylation is 2. The number of fused-ring (bicyclic) bond motifs is 1. The molecule has 0 saturated carbocycles. The first kappa shape index (κ1) is 16.0. The van der Waals surface area contributed by atoms with Crippen LogP contribution in [0.4, 0.5) is 0 Å². The van der Waals surface area contributed by atoms with Crippen molar-refractivity contribution in [1.82, 2.24) is 14.5 Å². The maximum atomic E-state index is 12.4. The molecule has 2 heterocycles. The Morgan fingerprint density at radius 2 is 2.00 bits per heavy atom. The zero-order chi connectivity index (χ0) is 16.6. The Morgan fingerprint density at radius 3 is 2.65 bits per heavy atom. The molecule has 0 bridgehead atoms. The molecule has 1 aromatic carbocycles. The summed E-state index contributed by atoms with van der Waals surface area (Å²) in [5, 5.41) is 0. The van der Waals surface area contributed by atoms with Crippen molar-refractivity contribution < 1.29 is 4.79 Å². The number of aromatic nitrogens is 2. The highest BCUT2D eigenvalue weighted by molar-refractivity contribution is 5.79. The summed E-state index contributed by atoms with van der Waals surface area (Å²) in [6.45, 7) is 10.0. The van der Waals surface area contributed by atoms with Crippen molar-refractivity contribution in [2.24, 2.45) is 5.92 Å². The fourth-order valence-corrected chi connectivity index (χ4v) is 3.62. The lowest BCUT2D eigenvalue weighted by molar-refractivity contribution is -0.136. The number of likely N-dealkylation sites (tertiary alicyclic amines) is 1. The predicted octanol–water partition coefficient (Wildman–Crippen LogP) is 3.86. The predicted molar refractivity (Wildman–Crippen MR) is 93.5 cm³/mol. The van der Waals surface area contributed by atoms with Crippen LogP contribution in [0.3, 0.4) is 0 Å². The molecule has 1 aliphatic rings. The van der Waals surface area contributed by atoms with E-state index in [1.54, 1.807) is 0 Å². The van der Waals surface area contributed by atoms with Gasteiger partial charge < -0.3 is 9.47 Å². The second-order valence-corrected chi connectivity index (χ2v) is 6.89. The summed E-state index contributed by atoms with van der Waals surface area (Å²) in [6, 6.07) is 6.90. The summed E-state index contributed by atoms with van der Waals surface area (Å²) in [6.07, 6.45) is 2.95. The van der Waals surface area contributed by atoms with E-state index < -0.39 is 0 Å². The average Bonchev–Trinajstić information content (AvgIpc) is 2.88. The van der Waals surface area contributed by atoms with Gasteiger partial charge in [0, 0.05) is 25.0 Å². The number of carbonyl (C=O) groups excluding carboxylic acids is 1. The maximum absolute atomic E-state index is 12.4. The summed E-state index contributed by atoms with van der Waals surface area (Å²) < 4.78 is 2.38. The molecule has 0 spiro atoms. The molecule has 1 aliphatic heterocycles. The molecule has 1 fully saturated rings. The van der Waals surface area contributed by atoms with Crippen LogP contribution in [0.25, 0.3) is 11.0 Å². The van der Waals surface area contributed by atoms with E-state index in [9.17, 15) is 4.79 Å². The molecule has 1 aromatic heterocycles. The van der Waals surface area contributed by atoms with Gasteiger partial charge in [-0.25, -0.2) is 4.98 Å². The lowest BCUT2D eigenvalue weighted by atomic mass is 10.0. The molecule has 1 atom stereocenters. The van der Waals surface area contributed by atoms with Crippen molar-refractivity contribution in [3.63, 3.8) is 0 Å². The van der Waals surface area contributed by atoms with E-state index in [1.165, 1.54) is 11.1 Å². The van der Waals surface area contributed by atoms with Gasteiger partial charge in [0.05, 0.1) is 11.0 Å². The van der Waals surface area contributed by atoms with Gasteiger partial charge in [-0.3, -0.25) is 4.79 Å². The first-order valence-corrected chi connectivity index (χ1v) is 8.75. The van der Waals surface area contributed by atoms with E-state index in [4.69, 9.17) is 4.98 Å². The fraction of sp³-hybridized carbons (Fsp3) is 0.579. The number of rotatable bonds is 3. The molecular formula is C19H27N3O. The molecule has 0 radical (unpaired) electrons. The molecule has 4 nitrogen and oxygen atoms in total. The van der Waals surface area contributed by atoms with Gasteiger partial charge in [-0.15, -0.1) is 0 Å². The largest absolute Gasteiger partial charge is 0.342 e.